The third kappa shape index (κ3) is 10.5. The lowest BCUT2D eigenvalue weighted by Gasteiger charge is -2.21. The molecule has 1 N–H and O–H groups in total. The molecule has 0 saturated heterocycles. The normalized spacial score (nSPS) is 10.3. The summed E-state index contributed by atoms with van der Waals surface area (Å²) >= 11 is 0. The first kappa shape index (κ1) is 28.6. The van der Waals surface area contributed by atoms with Crippen molar-refractivity contribution in [3.63, 3.8) is 0 Å². The molecule has 0 aliphatic rings. The van der Waals surface area contributed by atoms with Crippen LogP contribution < -0.4 is 10.1 Å². The maximum Gasteiger partial charge on any atom is 0.410 e. The Morgan fingerprint density at radius 2 is 1.38 bits per heavy atom. The number of ether oxygens (including phenoxy) is 3. The molecule has 0 aliphatic heterocycles. The maximum absolute atomic E-state index is 12.7. The van der Waals surface area contributed by atoms with Crippen LogP contribution in [0.3, 0.4) is 0 Å². The van der Waals surface area contributed by atoms with Gasteiger partial charge < -0.3 is 19.5 Å². The number of nitrogens with one attached hydrogen (secondary N) is 1. The highest BCUT2D eigenvalue weighted by molar-refractivity contribution is 5.79. The van der Waals surface area contributed by atoms with E-state index in [0.29, 0.717) is 19.4 Å². The molecule has 0 radical (unpaired) electrons. The Kier molecular flexibility index (Phi) is 11.3. The Labute approximate surface area is 225 Å². The number of alkyl carbamates (subject to hydrolysis) is 1. The summed E-state index contributed by atoms with van der Waals surface area (Å²) in [5.41, 5.74) is 1.52. The highest BCUT2D eigenvalue weighted by atomic mass is 16.6. The fraction of sp³-hybridized carbons (Fsp3) is 0.250. The average molecular weight is 536 g/mol. The molecular weight excluding hydrogens is 506 g/mol. The van der Waals surface area contributed by atoms with Gasteiger partial charge >= 0.3 is 18.2 Å². The van der Waals surface area contributed by atoms with Gasteiger partial charge in [-0.3, -0.25) is 15.0 Å². The molecule has 0 saturated carbocycles. The smallest absolute Gasteiger partial charge is 0.410 e. The lowest BCUT2D eigenvalue weighted by Crippen LogP contribution is -2.38. The zero-order valence-corrected chi connectivity index (χ0v) is 21.2. The molecule has 0 aliphatic carbocycles. The maximum atomic E-state index is 12.7. The van der Waals surface area contributed by atoms with E-state index in [1.54, 1.807) is 0 Å². The molecule has 39 heavy (non-hydrogen) atoms. The van der Waals surface area contributed by atoms with Crippen LogP contribution in [-0.2, 0) is 27.5 Å². The van der Waals surface area contributed by atoms with Crippen LogP contribution >= 0.6 is 0 Å². The molecule has 0 atom stereocenters. The van der Waals surface area contributed by atoms with Crippen molar-refractivity contribution < 1.29 is 33.5 Å². The van der Waals surface area contributed by atoms with Crippen molar-refractivity contribution in [2.45, 2.75) is 26.1 Å². The van der Waals surface area contributed by atoms with E-state index in [2.05, 4.69) is 5.32 Å². The zero-order valence-electron chi connectivity index (χ0n) is 21.2. The topological polar surface area (TPSA) is 137 Å². The molecule has 3 rings (SSSR count). The van der Waals surface area contributed by atoms with Crippen molar-refractivity contribution >= 4 is 23.8 Å². The van der Waals surface area contributed by atoms with E-state index < -0.39 is 29.6 Å². The SMILES string of the molecule is O=C(CN(CCCCNC(=O)OCc1ccccc1)C(=O)OCc1ccccc1)Oc1ccc([N+](=O)[O-])cc1. The van der Waals surface area contributed by atoms with Crippen LogP contribution in [0.25, 0.3) is 0 Å². The summed E-state index contributed by atoms with van der Waals surface area (Å²) in [5, 5.41) is 13.5. The summed E-state index contributed by atoms with van der Waals surface area (Å²) in [7, 11) is 0. The van der Waals surface area contributed by atoms with E-state index >= 15 is 0 Å². The number of amides is 2. The first-order valence-electron chi connectivity index (χ1n) is 12.3. The third-order valence-electron chi connectivity index (χ3n) is 5.40. The predicted molar refractivity (Wildman–Crippen MR) is 141 cm³/mol. The second-order valence-corrected chi connectivity index (χ2v) is 8.38. The molecule has 3 aromatic carbocycles. The second kappa shape index (κ2) is 15.4. The molecule has 0 bridgehead atoms. The first-order chi connectivity index (χ1) is 18.9. The summed E-state index contributed by atoms with van der Waals surface area (Å²) in [6.45, 7) is 0.279. The lowest BCUT2D eigenvalue weighted by molar-refractivity contribution is -0.384. The van der Waals surface area contributed by atoms with Crippen LogP contribution in [0.5, 0.6) is 5.75 Å². The van der Waals surface area contributed by atoms with Crippen LogP contribution in [0.4, 0.5) is 15.3 Å². The average Bonchev–Trinajstić information content (AvgIpc) is 2.95. The van der Waals surface area contributed by atoms with E-state index in [-0.39, 0.29) is 31.2 Å². The van der Waals surface area contributed by atoms with Gasteiger partial charge in [-0.15, -0.1) is 0 Å². The quantitative estimate of drug-likeness (QED) is 0.108. The van der Waals surface area contributed by atoms with E-state index in [1.807, 2.05) is 60.7 Å². The minimum atomic E-state index is -0.733. The minimum Gasteiger partial charge on any atom is -0.445 e. The number of hydrogen-bond acceptors (Lipinski definition) is 8. The molecule has 0 spiro atoms. The van der Waals surface area contributed by atoms with E-state index in [0.717, 1.165) is 11.1 Å². The van der Waals surface area contributed by atoms with Crippen LogP contribution in [0.2, 0.25) is 0 Å². The summed E-state index contributed by atoms with van der Waals surface area (Å²) in [6, 6.07) is 23.4. The molecule has 0 fully saturated rings. The number of esters is 1. The molecule has 204 valence electrons. The van der Waals surface area contributed by atoms with Gasteiger partial charge in [-0.2, -0.15) is 0 Å². The Balaban J connectivity index is 1.47. The monoisotopic (exact) mass is 535 g/mol. The first-order valence-corrected chi connectivity index (χ1v) is 12.3. The number of nitro benzene ring substituents is 1. The van der Waals surface area contributed by atoms with Gasteiger partial charge in [0, 0.05) is 25.2 Å². The van der Waals surface area contributed by atoms with Gasteiger partial charge in [-0.25, -0.2) is 14.4 Å². The lowest BCUT2D eigenvalue weighted by atomic mass is 10.2. The highest BCUT2D eigenvalue weighted by Crippen LogP contribution is 2.17. The molecule has 11 heteroatoms. The molecule has 11 nitrogen and oxygen atoms in total. The molecule has 0 heterocycles. The van der Waals surface area contributed by atoms with Gasteiger partial charge in [0.15, 0.2) is 0 Å². The third-order valence-corrected chi connectivity index (χ3v) is 5.40. The van der Waals surface area contributed by atoms with Gasteiger partial charge in [0.1, 0.15) is 25.5 Å². The van der Waals surface area contributed by atoms with Gasteiger partial charge in [-0.1, -0.05) is 60.7 Å². The Morgan fingerprint density at radius 1 is 0.795 bits per heavy atom. The Hall–Kier alpha value is -4.93. The summed E-state index contributed by atoms with van der Waals surface area (Å²) < 4.78 is 15.8. The fourth-order valence-corrected chi connectivity index (χ4v) is 3.39. The van der Waals surface area contributed by atoms with Gasteiger partial charge in [0.25, 0.3) is 5.69 Å². The fourth-order valence-electron chi connectivity index (χ4n) is 3.39. The predicted octanol–water partition coefficient (Wildman–Crippen LogP) is 4.85. The standard InChI is InChI=1S/C28H29N3O8/c32-26(39-25-15-13-24(14-16-25)31(35)36)19-30(28(34)38-21-23-11-5-2-6-12-23)18-8-7-17-29-27(33)37-20-22-9-3-1-4-10-22/h1-6,9-16H,7-8,17-21H2,(H,29,33). The van der Waals surface area contributed by atoms with Gasteiger partial charge in [0.2, 0.25) is 0 Å². The van der Waals surface area contributed by atoms with Crippen molar-refractivity contribution in [2.24, 2.45) is 0 Å². The van der Waals surface area contributed by atoms with Crippen molar-refractivity contribution in [2.75, 3.05) is 19.6 Å². The minimum absolute atomic E-state index is 0.0301. The summed E-state index contributed by atoms with van der Waals surface area (Å²) in [4.78, 5) is 48.6. The van der Waals surface area contributed by atoms with Crippen LogP contribution in [0.15, 0.2) is 84.9 Å². The molecule has 0 aromatic heterocycles. The number of nitrogens with zero attached hydrogens (tertiary/aromatic N) is 2. The Bertz CT molecular complexity index is 1220. The number of nitro groups is 1. The number of unbranched alkanes of at least 4 members (excludes halogenated alkanes) is 1. The zero-order chi connectivity index (χ0) is 27.9. The summed E-state index contributed by atoms with van der Waals surface area (Å²) in [5.74, 6) is -0.621. The molecule has 3 aromatic rings. The molecule has 0 unspecified atom stereocenters. The van der Waals surface area contributed by atoms with E-state index in [4.69, 9.17) is 14.2 Å². The summed E-state index contributed by atoms with van der Waals surface area (Å²) in [6.07, 6.45) is -0.274. The van der Waals surface area contributed by atoms with E-state index in [9.17, 15) is 24.5 Å². The van der Waals surface area contributed by atoms with Crippen LogP contribution in [0.1, 0.15) is 24.0 Å². The highest BCUT2D eigenvalue weighted by Gasteiger charge is 2.20. The number of benzene rings is 3. The van der Waals surface area contributed by atoms with Crippen molar-refractivity contribution in [3.8, 4) is 5.75 Å². The van der Waals surface area contributed by atoms with Gasteiger partial charge in [-0.05, 0) is 36.1 Å². The molecular formula is C28H29N3O8. The number of carbonyl (C=O) groups is 3. The van der Waals surface area contributed by atoms with Gasteiger partial charge in [0.05, 0.1) is 4.92 Å². The largest absolute Gasteiger partial charge is 0.445 e. The van der Waals surface area contributed by atoms with Crippen molar-refractivity contribution in [1.29, 1.82) is 0 Å². The van der Waals surface area contributed by atoms with Crippen LogP contribution in [-0.4, -0.2) is 47.6 Å². The Morgan fingerprint density at radius 3 is 1.97 bits per heavy atom. The number of rotatable bonds is 13. The van der Waals surface area contributed by atoms with E-state index in [1.165, 1.54) is 29.2 Å². The van der Waals surface area contributed by atoms with Crippen molar-refractivity contribution in [1.82, 2.24) is 10.2 Å². The van der Waals surface area contributed by atoms with Crippen molar-refractivity contribution in [3.05, 3.63) is 106 Å². The second-order valence-electron chi connectivity index (χ2n) is 8.38. The molecule has 2 amide bonds. The number of hydrogen-bond donors (Lipinski definition) is 1. The number of non-ortho nitro benzene ring substituents is 1. The van der Waals surface area contributed by atoms with Crippen LogP contribution in [0, 0.1) is 10.1 Å². The number of carbonyl (C=O) groups excluding carboxylic acids is 3.